The molecule has 0 spiro atoms. The average Bonchev–Trinajstić information content (AvgIpc) is 2.73. The number of hydrogen-bond acceptors (Lipinski definition) is 6. The zero-order valence-corrected chi connectivity index (χ0v) is 18.5. The smallest absolute Gasteiger partial charge is 0.386 e. The molecule has 0 atom stereocenters. The number of nitriles is 1. The van der Waals surface area contributed by atoms with Gasteiger partial charge in [-0.3, -0.25) is 0 Å². The first-order valence-electron chi connectivity index (χ1n) is 8.97. The van der Waals surface area contributed by atoms with E-state index in [4.69, 9.17) is 18.8 Å². The monoisotopic (exact) mass is 444 g/mol. The second kappa shape index (κ2) is 11.2. The Morgan fingerprint density at radius 3 is 1.13 bits per heavy atom. The summed E-state index contributed by atoms with van der Waals surface area (Å²) in [7, 11) is -3.93. The molecule has 0 saturated heterocycles. The molecular formula is C22H22ClN2O4P. The number of hydrogen-bond donors (Lipinski definition) is 1. The van der Waals surface area contributed by atoms with Gasteiger partial charge < -0.3 is 13.6 Å². The van der Waals surface area contributed by atoms with E-state index in [1.165, 1.54) is 6.19 Å². The van der Waals surface area contributed by atoms with Crippen LogP contribution in [0.15, 0.2) is 72.8 Å². The maximum atomic E-state index is 13.3. The normalized spacial score (nSPS) is 10.1. The molecule has 0 fully saturated rings. The first-order chi connectivity index (χ1) is 14.3. The van der Waals surface area contributed by atoms with Crippen molar-refractivity contribution >= 4 is 19.6 Å². The topological polar surface area (TPSA) is 80.6 Å². The molecule has 0 heterocycles. The number of halogens is 1. The van der Waals surface area contributed by atoms with Gasteiger partial charge in [-0.05, 0) is 57.2 Å². The van der Waals surface area contributed by atoms with Crippen molar-refractivity contribution < 1.29 is 18.1 Å². The summed E-state index contributed by atoms with van der Waals surface area (Å²) in [4.78, 5) is 1.71. The highest BCUT2D eigenvalue weighted by molar-refractivity contribution is 7.49. The molecule has 1 N–H and O–H groups in total. The fourth-order valence-corrected chi connectivity index (χ4v) is 3.49. The van der Waals surface area contributed by atoms with E-state index in [0.29, 0.717) is 17.2 Å². The fourth-order valence-electron chi connectivity index (χ4n) is 2.24. The number of nitrogens with one attached hydrogen (secondary N) is 1. The van der Waals surface area contributed by atoms with Crippen LogP contribution >= 0.6 is 19.6 Å². The van der Waals surface area contributed by atoms with Crippen LogP contribution in [-0.2, 0) is 4.57 Å². The second-order valence-corrected chi connectivity index (χ2v) is 8.00. The molecule has 3 aromatic carbocycles. The van der Waals surface area contributed by atoms with Crippen LogP contribution in [0.1, 0.15) is 16.7 Å². The molecule has 0 aliphatic heterocycles. The van der Waals surface area contributed by atoms with E-state index in [2.05, 4.69) is 11.8 Å². The van der Waals surface area contributed by atoms with Gasteiger partial charge in [-0.1, -0.05) is 53.1 Å². The van der Waals surface area contributed by atoms with Crippen molar-refractivity contribution in [3.05, 3.63) is 89.5 Å². The van der Waals surface area contributed by atoms with Crippen molar-refractivity contribution in [3.8, 4) is 23.4 Å². The molecular weight excluding hydrogens is 423 g/mol. The summed E-state index contributed by atoms with van der Waals surface area (Å²) in [6.45, 7) is 5.90. The van der Waals surface area contributed by atoms with E-state index in [1.807, 2.05) is 57.2 Å². The Bertz CT molecular complexity index is 895. The standard InChI is InChI=1S/C21H21O4P.CHClN2/c1-16-4-10-19(11-5-16)23-26(22,24-20-12-6-17(2)7-13-20)25-21-14-8-18(3)9-15-21;2-4-1-3/h4-15H,1-3H3;4H. The van der Waals surface area contributed by atoms with E-state index in [9.17, 15) is 4.57 Å². The summed E-state index contributed by atoms with van der Waals surface area (Å²) in [6, 6.07) is 21.6. The lowest BCUT2D eigenvalue weighted by molar-refractivity contribution is 0.298. The number of nitrogens with zero attached hydrogens (tertiary/aromatic N) is 1. The third-order valence-electron chi connectivity index (χ3n) is 3.76. The molecule has 0 aromatic heterocycles. The lowest BCUT2D eigenvalue weighted by atomic mass is 10.2. The SMILES string of the molecule is Cc1ccc(OP(=O)(Oc2ccc(C)cc2)Oc2ccc(C)cc2)cc1.N#CNCl. The van der Waals surface area contributed by atoms with E-state index in [0.717, 1.165) is 16.7 Å². The van der Waals surface area contributed by atoms with Gasteiger partial charge in [-0.25, -0.2) is 4.84 Å². The van der Waals surface area contributed by atoms with Crippen LogP contribution in [0, 0.1) is 32.2 Å². The van der Waals surface area contributed by atoms with Crippen molar-refractivity contribution in [2.45, 2.75) is 20.8 Å². The Balaban J connectivity index is 0.000000735. The van der Waals surface area contributed by atoms with Gasteiger partial charge in [-0.15, -0.1) is 0 Å². The summed E-state index contributed by atoms with van der Waals surface area (Å²) in [6.07, 6.45) is 1.45. The highest BCUT2D eigenvalue weighted by Gasteiger charge is 2.33. The fraction of sp³-hybridized carbons (Fsp3) is 0.136. The van der Waals surface area contributed by atoms with Crippen LogP contribution in [0.5, 0.6) is 17.2 Å². The molecule has 8 heteroatoms. The number of benzene rings is 3. The molecule has 0 bridgehead atoms. The highest BCUT2D eigenvalue weighted by atomic mass is 35.5. The minimum absolute atomic E-state index is 0.415. The maximum absolute atomic E-state index is 13.3. The van der Waals surface area contributed by atoms with Crippen molar-refractivity contribution in [3.63, 3.8) is 0 Å². The number of aryl methyl sites for hydroxylation is 3. The van der Waals surface area contributed by atoms with Crippen molar-refractivity contribution in [2.24, 2.45) is 0 Å². The molecule has 6 nitrogen and oxygen atoms in total. The Hall–Kier alpha value is -3.13. The number of rotatable bonds is 6. The van der Waals surface area contributed by atoms with Crippen molar-refractivity contribution in [2.75, 3.05) is 0 Å². The summed E-state index contributed by atoms with van der Waals surface area (Å²) in [5.74, 6) is 1.24. The summed E-state index contributed by atoms with van der Waals surface area (Å²) in [5.41, 5.74) is 3.23. The van der Waals surface area contributed by atoms with Crippen LogP contribution in [0.3, 0.4) is 0 Å². The highest BCUT2D eigenvalue weighted by Crippen LogP contribution is 2.49. The molecule has 0 aliphatic rings. The Morgan fingerprint density at radius 2 is 0.933 bits per heavy atom. The Kier molecular flexibility index (Phi) is 8.61. The number of phosphoric acid groups is 1. The largest absolute Gasteiger partial charge is 0.647 e. The summed E-state index contributed by atoms with van der Waals surface area (Å²) >= 11 is 4.57. The predicted octanol–water partition coefficient (Wildman–Crippen LogP) is 6.47. The molecule has 3 aromatic rings. The molecule has 0 saturated carbocycles. The zero-order valence-electron chi connectivity index (χ0n) is 16.8. The zero-order chi connectivity index (χ0) is 22.0. The quantitative estimate of drug-likeness (QED) is 0.203. The Labute approximate surface area is 181 Å². The first-order valence-corrected chi connectivity index (χ1v) is 10.8. The van der Waals surface area contributed by atoms with E-state index in [-0.39, 0.29) is 0 Å². The third-order valence-corrected chi connectivity index (χ3v) is 5.14. The van der Waals surface area contributed by atoms with Crippen molar-refractivity contribution in [1.82, 2.24) is 4.84 Å². The van der Waals surface area contributed by atoms with Gasteiger partial charge >= 0.3 is 7.82 Å². The number of phosphoric ester groups is 1. The van der Waals surface area contributed by atoms with Gasteiger partial charge in [0, 0.05) is 11.8 Å². The van der Waals surface area contributed by atoms with Gasteiger partial charge in [0.1, 0.15) is 17.2 Å². The first kappa shape index (κ1) is 23.2. The van der Waals surface area contributed by atoms with Gasteiger partial charge in [0.15, 0.2) is 6.19 Å². The lowest BCUT2D eigenvalue weighted by Gasteiger charge is -2.19. The minimum Gasteiger partial charge on any atom is -0.386 e. The third kappa shape index (κ3) is 7.71. The lowest BCUT2D eigenvalue weighted by Crippen LogP contribution is -2.07. The van der Waals surface area contributed by atoms with E-state index in [1.54, 1.807) is 41.2 Å². The molecule has 3 rings (SSSR count). The minimum atomic E-state index is -3.93. The van der Waals surface area contributed by atoms with Gasteiger partial charge in [0.2, 0.25) is 0 Å². The maximum Gasteiger partial charge on any atom is 0.647 e. The van der Waals surface area contributed by atoms with E-state index < -0.39 is 7.82 Å². The molecule has 0 radical (unpaired) electrons. The molecule has 156 valence electrons. The molecule has 0 unspecified atom stereocenters. The van der Waals surface area contributed by atoms with Crippen LogP contribution in [0.4, 0.5) is 0 Å². The van der Waals surface area contributed by atoms with Crippen LogP contribution in [0.2, 0.25) is 0 Å². The van der Waals surface area contributed by atoms with Crippen LogP contribution < -0.4 is 18.4 Å². The summed E-state index contributed by atoms with van der Waals surface area (Å²) < 4.78 is 30.2. The second-order valence-electron chi connectivity index (χ2n) is 6.37. The Morgan fingerprint density at radius 1 is 0.700 bits per heavy atom. The molecule has 30 heavy (non-hydrogen) atoms. The van der Waals surface area contributed by atoms with Crippen molar-refractivity contribution in [1.29, 1.82) is 5.26 Å². The summed E-state index contributed by atoms with van der Waals surface area (Å²) in [5, 5.41) is 7.38. The van der Waals surface area contributed by atoms with Gasteiger partial charge in [0.25, 0.3) is 0 Å². The molecule has 0 amide bonds. The van der Waals surface area contributed by atoms with Crippen LogP contribution in [-0.4, -0.2) is 0 Å². The molecule has 0 aliphatic carbocycles. The van der Waals surface area contributed by atoms with Gasteiger partial charge in [0.05, 0.1) is 0 Å². The van der Waals surface area contributed by atoms with Gasteiger partial charge in [-0.2, -0.15) is 9.83 Å². The average molecular weight is 445 g/mol. The van der Waals surface area contributed by atoms with Crippen LogP contribution in [0.25, 0.3) is 0 Å². The predicted molar refractivity (Wildman–Crippen MR) is 118 cm³/mol. The van der Waals surface area contributed by atoms with E-state index >= 15 is 0 Å².